The molecule has 1 aliphatic carbocycles. The average molecular weight is 594 g/mol. The van der Waals surface area contributed by atoms with Gasteiger partial charge in [0, 0.05) is 84.0 Å². The Kier molecular flexibility index (Phi) is 7.43. The van der Waals surface area contributed by atoms with Gasteiger partial charge in [-0.3, -0.25) is 14.4 Å². The van der Waals surface area contributed by atoms with Crippen molar-refractivity contribution in [2.45, 2.75) is 71.0 Å². The normalized spacial score (nSPS) is 23.9. The van der Waals surface area contributed by atoms with Crippen LogP contribution < -0.4 is 10.6 Å². The van der Waals surface area contributed by atoms with Crippen molar-refractivity contribution in [2.75, 3.05) is 56.6 Å². The molecular formula is C32H44ClN7O2. The molecule has 4 heterocycles. The first kappa shape index (κ1) is 29.2. The maximum Gasteiger partial charge on any atom is 0.245 e. The molecule has 3 saturated heterocycles. The number of anilines is 2. The SMILES string of the molecule is C=CC(=O)N1CC2(CC(n3nc(N4CCC(N5CCOCC5)CC4(C)C)c(-c4c(Cl)c(C)cc(N)c4C=N)c3C)C2)C1. The van der Waals surface area contributed by atoms with Crippen LogP contribution in [0.3, 0.4) is 0 Å². The summed E-state index contributed by atoms with van der Waals surface area (Å²) in [6.45, 7) is 18.4. The van der Waals surface area contributed by atoms with Crippen molar-refractivity contribution in [3.8, 4) is 11.1 Å². The molecule has 0 bridgehead atoms. The summed E-state index contributed by atoms with van der Waals surface area (Å²) < 4.78 is 7.82. The highest BCUT2D eigenvalue weighted by Gasteiger charge is 2.54. The van der Waals surface area contributed by atoms with E-state index in [1.165, 1.54) is 12.3 Å². The van der Waals surface area contributed by atoms with Crippen molar-refractivity contribution in [1.82, 2.24) is 19.6 Å². The number of rotatable bonds is 6. The summed E-state index contributed by atoms with van der Waals surface area (Å²) in [7, 11) is 0. The second kappa shape index (κ2) is 10.7. The third-order valence-corrected chi connectivity index (χ3v) is 10.7. The molecule has 6 rings (SSSR count). The molecule has 1 amide bonds. The number of ether oxygens (including phenoxy) is 1. The average Bonchev–Trinajstić information content (AvgIpc) is 3.24. The summed E-state index contributed by atoms with van der Waals surface area (Å²) in [4.78, 5) is 19.0. The maximum absolute atomic E-state index is 12.1. The standard InChI is InChI=1S/C32H44ClN7O2/c1-6-26(41)38-18-32(19-38)15-23(16-32)40-21(3)27(28-24(17-34)25(35)13-20(2)29(28)33)30(36-40)39-8-7-22(14-31(39,4)5)37-9-11-42-12-10-37/h6,13,17,22-23,34H,1,7-12,14-16,18-19,35H2,2-5H3. The third-order valence-electron chi connectivity index (χ3n) is 10.2. The van der Waals surface area contributed by atoms with Gasteiger partial charge >= 0.3 is 0 Å². The van der Waals surface area contributed by atoms with E-state index in [0.717, 1.165) is 99.8 Å². The number of carbonyl (C=O) groups is 1. The van der Waals surface area contributed by atoms with Crippen molar-refractivity contribution in [2.24, 2.45) is 5.41 Å². The first-order chi connectivity index (χ1) is 20.0. The second-order valence-corrected chi connectivity index (χ2v) is 13.9. The summed E-state index contributed by atoms with van der Waals surface area (Å²) in [5, 5.41) is 14.3. The highest BCUT2D eigenvalue weighted by Crippen LogP contribution is 2.56. The minimum Gasteiger partial charge on any atom is -0.398 e. The summed E-state index contributed by atoms with van der Waals surface area (Å²) in [6, 6.07) is 2.61. The molecule has 42 heavy (non-hydrogen) atoms. The molecule has 226 valence electrons. The van der Waals surface area contributed by atoms with Crippen molar-refractivity contribution in [3.05, 3.63) is 40.6 Å². The molecule has 3 N–H and O–H groups in total. The van der Waals surface area contributed by atoms with Gasteiger partial charge in [-0.25, -0.2) is 0 Å². The molecule has 1 aromatic carbocycles. The first-order valence-corrected chi connectivity index (χ1v) is 15.6. The fraction of sp³-hybridized carbons (Fsp3) is 0.594. The Balaban J connectivity index is 1.38. The number of hydrogen-bond acceptors (Lipinski definition) is 7. The van der Waals surface area contributed by atoms with E-state index in [1.54, 1.807) is 0 Å². The lowest BCUT2D eigenvalue weighted by Crippen LogP contribution is -2.63. The fourth-order valence-corrected chi connectivity index (χ4v) is 8.26. The van der Waals surface area contributed by atoms with Gasteiger partial charge in [-0.05, 0) is 71.1 Å². The van der Waals surface area contributed by atoms with Crippen LogP contribution in [0.2, 0.25) is 5.02 Å². The van der Waals surface area contributed by atoms with E-state index < -0.39 is 0 Å². The molecule has 2 aromatic rings. The Morgan fingerprint density at radius 3 is 2.45 bits per heavy atom. The van der Waals surface area contributed by atoms with Crippen molar-refractivity contribution >= 4 is 35.2 Å². The summed E-state index contributed by atoms with van der Waals surface area (Å²) >= 11 is 7.06. The van der Waals surface area contributed by atoms with Crippen LogP contribution in [-0.2, 0) is 9.53 Å². The van der Waals surface area contributed by atoms with Crippen LogP contribution >= 0.6 is 11.6 Å². The van der Waals surface area contributed by atoms with Crippen LogP contribution in [0.15, 0.2) is 18.7 Å². The number of benzene rings is 1. The zero-order valence-electron chi connectivity index (χ0n) is 25.4. The van der Waals surface area contributed by atoms with E-state index in [4.69, 9.17) is 32.6 Å². The van der Waals surface area contributed by atoms with E-state index in [0.29, 0.717) is 22.3 Å². The van der Waals surface area contributed by atoms with Crippen LogP contribution in [0.5, 0.6) is 0 Å². The van der Waals surface area contributed by atoms with Gasteiger partial charge in [-0.2, -0.15) is 5.10 Å². The molecule has 1 saturated carbocycles. The van der Waals surface area contributed by atoms with Crippen molar-refractivity contribution in [1.29, 1.82) is 5.41 Å². The number of carbonyl (C=O) groups excluding carboxylic acids is 1. The number of morpholine rings is 1. The lowest BCUT2D eigenvalue weighted by Gasteiger charge is -2.58. The number of hydrogen-bond donors (Lipinski definition) is 2. The highest BCUT2D eigenvalue weighted by molar-refractivity contribution is 6.35. The molecule has 1 spiro atoms. The Morgan fingerprint density at radius 2 is 1.83 bits per heavy atom. The number of halogens is 1. The fourth-order valence-electron chi connectivity index (χ4n) is 8.01. The smallest absolute Gasteiger partial charge is 0.245 e. The van der Waals surface area contributed by atoms with Gasteiger partial charge in [0.25, 0.3) is 0 Å². The monoisotopic (exact) mass is 593 g/mol. The number of nitrogens with zero attached hydrogens (tertiary/aromatic N) is 5. The number of nitrogens with one attached hydrogen (secondary N) is 1. The van der Waals surface area contributed by atoms with Gasteiger partial charge in [0.15, 0.2) is 5.82 Å². The van der Waals surface area contributed by atoms with Crippen molar-refractivity contribution in [3.63, 3.8) is 0 Å². The molecule has 0 radical (unpaired) electrons. The lowest BCUT2D eigenvalue weighted by molar-refractivity contribution is -0.149. The van der Waals surface area contributed by atoms with E-state index in [1.807, 2.05) is 17.9 Å². The van der Waals surface area contributed by atoms with Crippen LogP contribution in [0, 0.1) is 24.7 Å². The molecule has 1 atom stereocenters. The predicted molar refractivity (Wildman–Crippen MR) is 169 cm³/mol. The van der Waals surface area contributed by atoms with Crippen LogP contribution in [0.1, 0.15) is 62.4 Å². The van der Waals surface area contributed by atoms with Crippen molar-refractivity contribution < 1.29 is 9.53 Å². The quantitative estimate of drug-likeness (QED) is 0.282. The van der Waals surface area contributed by atoms with Crippen LogP contribution in [-0.4, -0.2) is 89.2 Å². The Labute approximate surface area is 254 Å². The number of amides is 1. The molecular weight excluding hydrogens is 550 g/mol. The number of aromatic nitrogens is 2. The van der Waals surface area contributed by atoms with Gasteiger partial charge < -0.3 is 25.7 Å². The van der Waals surface area contributed by atoms with Gasteiger partial charge in [0.1, 0.15) is 0 Å². The van der Waals surface area contributed by atoms with E-state index in [9.17, 15) is 4.79 Å². The number of aryl methyl sites for hydroxylation is 1. The minimum absolute atomic E-state index is 0.0116. The molecule has 9 nitrogen and oxygen atoms in total. The zero-order valence-corrected chi connectivity index (χ0v) is 26.1. The summed E-state index contributed by atoms with van der Waals surface area (Å²) in [5.74, 6) is 0.934. The van der Waals surface area contributed by atoms with Crippen LogP contribution in [0.25, 0.3) is 11.1 Å². The molecule has 4 fully saturated rings. The first-order valence-electron chi connectivity index (χ1n) is 15.2. The largest absolute Gasteiger partial charge is 0.398 e. The molecule has 4 aliphatic rings. The van der Waals surface area contributed by atoms with Gasteiger partial charge in [-0.15, -0.1) is 0 Å². The van der Waals surface area contributed by atoms with Gasteiger partial charge in [0.05, 0.1) is 24.3 Å². The number of nitrogens with two attached hydrogens (primary N) is 1. The highest BCUT2D eigenvalue weighted by atomic mass is 35.5. The van der Waals surface area contributed by atoms with Gasteiger partial charge in [-0.1, -0.05) is 18.2 Å². The lowest BCUT2D eigenvalue weighted by atomic mass is 9.60. The zero-order chi connectivity index (χ0) is 30.0. The van der Waals surface area contributed by atoms with Gasteiger partial charge in [0.2, 0.25) is 5.91 Å². The van der Waals surface area contributed by atoms with E-state index in [2.05, 4.69) is 41.8 Å². The molecule has 1 aromatic heterocycles. The minimum atomic E-state index is -0.144. The summed E-state index contributed by atoms with van der Waals surface area (Å²) in [5.41, 5.74) is 11.4. The second-order valence-electron chi connectivity index (χ2n) is 13.5. The predicted octanol–water partition coefficient (Wildman–Crippen LogP) is 4.83. The molecule has 10 heteroatoms. The van der Waals surface area contributed by atoms with Crippen LogP contribution in [0.4, 0.5) is 11.5 Å². The summed E-state index contributed by atoms with van der Waals surface area (Å²) in [6.07, 6.45) is 6.78. The number of nitrogen functional groups attached to an aromatic ring is 1. The molecule has 1 unspecified atom stereocenters. The Bertz CT molecular complexity index is 1410. The topological polar surface area (TPSA) is 104 Å². The third kappa shape index (κ3) is 4.74. The van der Waals surface area contributed by atoms with E-state index in [-0.39, 0.29) is 22.9 Å². The number of piperidine rings is 1. The number of likely N-dealkylation sites (tertiary alicyclic amines) is 1. The maximum atomic E-state index is 12.1. The van der Waals surface area contributed by atoms with E-state index >= 15 is 0 Å². The molecule has 3 aliphatic heterocycles. The Morgan fingerprint density at radius 1 is 1.14 bits per heavy atom. The Hall–Kier alpha value is -2.88.